The number of fused-ring (bicyclic) bond motifs is 1. The molecular formula is C21H23N5O4S2. The van der Waals surface area contributed by atoms with Crippen molar-refractivity contribution in [3.05, 3.63) is 60.7 Å². The molecule has 0 amide bonds. The molecule has 0 radical (unpaired) electrons. The molecule has 32 heavy (non-hydrogen) atoms. The van der Waals surface area contributed by atoms with Crippen molar-refractivity contribution in [2.45, 2.75) is 32.7 Å². The Morgan fingerprint density at radius 1 is 1.16 bits per heavy atom. The minimum absolute atomic E-state index is 0.0279. The Morgan fingerprint density at radius 2 is 1.91 bits per heavy atom. The van der Waals surface area contributed by atoms with Gasteiger partial charge in [-0.3, -0.25) is 4.55 Å². The van der Waals surface area contributed by atoms with Crippen molar-refractivity contribution in [3.63, 3.8) is 0 Å². The molecule has 2 N–H and O–H groups in total. The van der Waals surface area contributed by atoms with Crippen LogP contribution in [0.5, 0.6) is 5.75 Å². The van der Waals surface area contributed by atoms with E-state index in [0.29, 0.717) is 16.6 Å². The third-order valence-corrected chi connectivity index (χ3v) is 6.62. The van der Waals surface area contributed by atoms with Crippen LogP contribution in [0.1, 0.15) is 38.3 Å². The van der Waals surface area contributed by atoms with Crippen LogP contribution in [-0.4, -0.2) is 32.7 Å². The lowest BCUT2D eigenvalue weighted by Crippen LogP contribution is -2.20. The lowest BCUT2D eigenvalue weighted by Gasteiger charge is -2.26. The number of aromatic nitrogens is 4. The lowest BCUT2D eigenvalue weighted by atomic mass is 9.89. The first kappa shape index (κ1) is 22.2. The molecule has 0 aliphatic heterocycles. The van der Waals surface area contributed by atoms with Gasteiger partial charge in [0.25, 0.3) is 0 Å². The first-order valence-electron chi connectivity index (χ1n) is 10.1. The van der Waals surface area contributed by atoms with Crippen LogP contribution in [0.3, 0.4) is 0 Å². The maximum absolute atomic E-state index is 10.9. The normalized spacial score (nSPS) is 12.9. The number of hydrogen-bond donors (Lipinski definition) is 2. The van der Waals surface area contributed by atoms with E-state index in [1.54, 1.807) is 18.7 Å². The van der Waals surface area contributed by atoms with Gasteiger partial charge in [0.1, 0.15) is 18.4 Å². The van der Waals surface area contributed by atoms with Crippen molar-refractivity contribution in [2.24, 2.45) is 5.92 Å². The average Bonchev–Trinajstić information content (AvgIpc) is 3.41. The highest BCUT2D eigenvalue weighted by Crippen LogP contribution is 2.34. The van der Waals surface area contributed by atoms with Gasteiger partial charge < -0.3 is 9.50 Å². The molecule has 4 aromatic rings. The molecule has 0 aliphatic rings. The number of nitrogens with one attached hydrogen (secondary N) is 1. The van der Waals surface area contributed by atoms with E-state index in [9.17, 15) is 8.42 Å². The quantitative estimate of drug-likeness (QED) is 0.332. The smallest absolute Gasteiger partial charge is 0.362 e. The highest BCUT2D eigenvalue weighted by Gasteiger charge is 2.23. The van der Waals surface area contributed by atoms with E-state index in [-0.39, 0.29) is 11.8 Å². The Bertz CT molecular complexity index is 1280. The van der Waals surface area contributed by atoms with Gasteiger partial charge in [-0.15, -0.1) is 0 Å². The van der Waals surface area contributed by atoms with Crippen LogP contribution in [0.2, 0.25) is 0 Å². The fraction of sp³-hybridized carbons (Fsp3) is 0.286. The van der Waals surface area contributed by atoms with Crippen molar-refractivity contribution in [3.8, 4) is 5.75 Å². The number of benzene rings is 2. The van der Waals surface area contributed by atoms with E-state index in [1.165, 1.54) is 23.5 Å². The van der Waals surface area contributed by atoms with Crippen LogP contribution < -0.4 is 9.50 Å². The topological polar surface area (TPSA) is 119 Å². The molecule has 168 valence electrons. The summed E-state index contributed by atoms with van der Waals surface area (Å²) < 4.78 is 37.8. The third-order valence-electron chi connectivity index (χ3n) is 5.28. The van der Waals surface area contributed by atoms with Gasteiger partial charge in [-0.05, 0) is 35.7 Å². The molecule has 2 aromatic carbocycles. The Labute approximate surface area is 190 Å². The van der Waals surface area contributed by atoms with Crippen molar-refractivity contribution in [1.29, 1.82) is 0 Å². The zero-order valence-electron chi connectivity index (χ0n) is 17.5. The molecular weight excluding hydrogens is 450 g/mol. The second-order valence-corrected chi connectivity index (χ2v) is 9.36. The van der Waals surface area contributed by atoms with E-state index in [4.69, 9.17) is 4.55 Å². The summed E-state index contributed by atoms with van der Waals surface area (Å²) in [5, 5.41) is 8.31. The second kappa shape index (κ2) is 9.23. The summed E-state index contributed by atoms with van der Waals surface area (Å²) in [6.07, 6.45) is 5.40. The third kappa shape index (κ3) is 5.06. The van der Waals surface area contributed by atoms with Gasteiger partial charge in [-0.2, -0.15) is 13.5 Å². The average molecular weight is 474 g/mol. The molecule has 0 aliphatic carbocycles. The van der Waals surface area contributed by atoms with Gasteiger partial charge in [0.2, 0.25) is 0 Å². The molecule has 4 rings (SSSR count). The van der Waals surface area contributed by atoms with E-state index in [2.05, 4.69) is 50.5 Å². The summed E-state index contributed by atoms with van der Waals surface area (Å²) in [5.41, 5.74) is 2.73. The number of rotatable bonds is 9. The van der Waals surface area contributed by atoms with E-state index < -0.39 is 10.4 Å². The minimum Gasteiger partial charge on any atom is -0.362 e. The van der Waals surface area contributed by atoms with Crippen molar-refractivity contribution >= 4 is 42.8 Å². The fourth-order valence-electron chi connectivity index (χ4n) is 3.76. The zero-order valence-corrected chi connectivity index (χ0v) is 19.2. The first-order chi connectivity index (χ1) is 15.4. The molecule has 0 fully saturated rings. The number of hydrogen-bond acceptors (Lipinski definition) is 8. The molecule has 11 heteroatoms. The van der Waals surface area contributed by atoms with Gasteiger partial charge in [0.05, 0.1) is 16.3 Å². The minimum atomic E-state index is -4.57. The van der Waals surface area contributed by atoms with Gasteiger partial charge >= 0.3 is 10.4 Å². The van der Waals surface area contributed by atoms with Gasteiger partial charge in [0.15, 0.2) is 5.13 Å². The second-order valence-electron chi connectivity index (χ2n) is 7.30. The number of nitrogens with zero attached hydrogens (tertiary/aromatic N) is 4. The molecule has 0 saturated heterocycles. The lowest BCUT2D eigenvalue weighted by molar-refractivity contribution is 0.332. The van der Waals surface area contributed by atoms with E-state index in [0.717, 1.165) is 28.8 Å². The number of anilines is 2. The zero-order chi connectivity index (χ0) is 22.7. The molecule has 2 aromatic heterocycles. The Hall–Kier alpha value is -3.02. The molecule has 0 spiro atoms. The largest absolute Gasteiger partial charge is 0.446 e. The summed E-state index contributed by atoms with van der Waals surface area (Å²) in [4.78, 5) is 8.63. The van der Waals surface area contributed by atoms with Gasteiger partial charge in [-0.1, -0.05) is 50.2 Å². The molecule has 1 unspecified atom stereocenters. The van der Waals surface area contributed by atoms with Crippen LogP contribution in [0, 0.1) is 5.92 Å². The monoisotopic (exact) mass is 473 g/mol. The van der Waals surface area contributed by atoms with Crippen LogP contribution in [0.4, 0.5) is 10.8 Å². The predicted molar refractivity (Wildman–Crippen MR) is 124 cm³/mol. The summed E-state index contributed by atoms with van der Waals surface area (Å²) in [5.74, 6) is 0.471. The maximum Gasteiger partial charge on any atom is 0.446 e. The fourth-order valence-corrected chi connectivity index (χ4v) is 5.02. The highest BCUT2D eigenvalue weighted by molar-refractivity contribution is 7.81. The van der Waals surface area contributed by atoms with Crippen molar-refractivity contribution < 1.29 is 17.2 Å². The van der Waals surface area contributed by atoms with Crippen LogP contribution in [-0.2, 0) is 10.4 Å². The Morgan fingerprint density at radius 3 is 2.53 bits per heavy atom. The molecule has 0 saturated carbocycles. The molecule has 2 heterocycles. The summed E-state index contributed by atoms with van der Waals surface area (Å²) >= 11 is 1.35. The highest BCUT2D eigenvalue weighted by atomic mass is 32.3. The SMILES string of the molecule is CCC(CC)C(c1ccc(Nc2nc3ccc(OS(=O)(=O)O)cc3s2)cc1)n1cncn1. The molecule has 1 atom stereocenters. The van der Waals surface area contributed by atoms with Gasteiger partial charge in [-0.25, -0.2) is 14.6 Å². The standard InChI is InChI=1S/C21H23N5O4S2/c1-3-14(4-2)20(26-13-22-12-23-26)15-5-7-16(8-6-15)24-21-25-18-10-9-17(11-19(18)31-21)30-32(27,28)29/h5-14,20H,3-4H2,1-2H3,(H,24,25)(H,27,28,29). The predicted octanol–water partition coefficient (Wildman–Crippen LogP) is 4.84. The van der Waals surface area contributed by atoms with E-state index >= 15 is 0 Å². The maximum atomic E-state index is 10.9. The molecule has 0 bridgehead atoms. The van der Waals surface area contributed by atoms with Crippen LogP contribution in [0.25, 0.3) is 10.2 Å². The first-order valence-corrected chi connectivity index (χ1v) is 12.3. The Balaban J connectivity index is 1.54. The van der Waals surface area contributed by atoms with Crippen LogP contribution >= 0.6 is 11.3 Å². The summed E-state index contributed by atoms with van der Waals surface area (Å²) in [6, 6.07) is 12.9. The number of thiazole rings is 1. The summed E-state index contributed by atoms with van der Waals surface area (Å²) in [6.45, 7) is 4.38. The Kier molecular flexibility index (Phi) is 6.40. The van der Waals surface area contributed by atoms with Crippen LogP contribution in [0.15, 0.2) is 55.1 Å². The van der Waals surface area contributed by atoms with Crippen molar-refractivity contribution in [2.75, 3.05) is 5.32 Å². The van der Waals surface area contributed by atoms with Gasteiger partial charge in [0, 0.05) is 11.8 Å². The van der Waals surface area contributed by atoms with Crippen molar-refractivity contribution in [1.82, 2.24) is 19.7 Å². The van der Waals surface area contributed by atoms with E-state index in [1.807, 2.05) is 16.8 Å². The summed E-state index contributed by atoms with van der Waals surface area (Å²) in [7, 11) is -4.57. The molecule has 9 nitrogen and oxygen atoms in total.